The van der Waals surface area contributed by atoms with Gasteiger partial charge < -0.3 is 0 Å². The van der Waals surface area contributed by atoms with Gasteiger partial charge in [0.2, 0.25) is 0 Å². The van der Waals surface area contributed by atoms with Crippen LogP contribution >= 0.6 is 0 Å². The van der Waals surface area contributed by atoms with Crippen LogP contribution in [-0.4, -0.2) is 10.8 Å². The molecule has 0 saturated carbocycles. The molecule has 2 nitrogen and oxygen atoms in total. The first-order valence-corrected chi connectivity index (χ1v) is 5.10. The summed E-state index contributed by atoms with van der Waals surface area (Å²) in [5.74, 6) is 0.351. The summed E-state index contributed by atoms with van der Waals surface area (Å²) in [7, 11) is 0. The third kappa shape index (κ3) is 2.95. The molecule has 1 rings (SSSR count). The number of hydrogen-bond donors (Lipinski definition) is 0. The van der Waals surface area contributed by atoms with E-state index in [9.17, 15) is 4.79 Å². The monoisotopic (exact) mass is 191 g/mol. The first-order valence-electron chi connectivity index (χ1n) is 5.10. The van der Waals surface area contributed by atoms with Crippen molar-refractivity contribution in [1.29, 1.82) is 0 Å². The summed E-state index contributed by atoms with van der Waals surface area (Å²) in [4.78, 5) is 15.7. The maximum Gasteiger partial charge on any atom is 0.141 e. The number of aromatic nitrogens is 1. The second kappa shape index (κ2) is 4.89. The minimum atomic E-state index is 0.0997. The van der Waals surface area contributed by atoms with Gasteiger partial charge in [-0.05, 0) is 18.1 Å². The standard InChI is InChI=1S/C12H17NO/c1-4-10-5-6-11(13-8-10)7-12(14)9(2)3/h5-6,8-9H,4,7H2,1-3H3. The molecule has 0 aromatic carbocycles. The normalized spacial score (nSPS) is 10.6. The number of pyridine rings is 1. The molecule has 1 aromatic rings. The molecule has 2 heteroatoms. The fourth-order valence-corrected chi connectivity index (χ4v) is 1.15. The largest absolute Gasteiger partial charge is 0.299 e. The zero-order valence-corrected chi connectivity index (χ0v) is 9.08. The number of hydrogen-bond acceptors (Lipinski definition) is 2. The molecule has 0 amide bonds. The number of aryl methyl sites for hydroxylation is 1. The lowest BCUT2D eigenvalue weighted by Crippen LogP contribution is -2.11. The highest BCUT2D eigenvalue weighted by molar-refractivity contribution is 5.82. The summed E-state index contributed by atoms with van der Waals surface area (Å²) in [6.07, 6.45) is 3.30. The molecule has 14 heavy (non-hydrogen) atoms. The van der Waals surface area contributed by atoms with E-state index in [1.807, 2.05) is 32.2 Å². The highest BCUT2D eigenvalue weighted by Crippen LogP contribution is 2.05. The molecule has 0 aliphatic carbocycles. The molecular formula is C12H17NO. The van der Waals surface area contributed by atoms with Crippen molar-refractivity contribution in [3.63, 3.8) is 0 Å². The first-order chi connectivity index (χ1) is 6.63. The fraction of sp³-hybridized carbons (Fsp3) is 0.500. The van der Waals surface area contributed by atoms with Crippen LogP contribution in [0.1, 0.15) is 32.0 Å². The van der Waals surface area contributed by atoms with Gasteiger partial charge in [0.15, 0.2) is 0 Å². The van der Waals surface area contributed by atoms with E-state index in [0.29, 0.717) is 6.42 Å². The van der Waals surface area contributed by atoms with Crippen LogP contribution in [0, 0.1) is 5.92 Å². The predicted octanol–water partition coefficient (Wildman–Crippen LogP) is 2.41. The van der Waals surface area contributed by atoms with Gasteiger partial charge in [0.05, 0.1) is 0 Å². The fourth-order valence-electron chi connectivity index (χ4n) is 1.15. The molecule has 1 heterocycles. The molecular weight excluding hydrogens is 174 g/mol. The van der Waals surface area contributed by atoms with Crippen molar-refractivity contribution in [2.75, 3.05) is 0 Å². The van der Waals surface area contributed by atoms with E-state index in [0.717, 1.165) is 12.1 Å². The van der Waals surface area contributed by atoms with Gasteiger partial charge in [0.1, 0.15) is 5.78 Å². The topological polar surface area (TPSA) is 30.0 Å². The van der Waals surface area contributed by atoms with E-state index in [1.54, 1.807) is 0 Å². The van der Waals surface area contributed by atoms with Crippen molar-refractivity contribution in [2.24, 2.45) is 5.92 Å². The van der Waals surface area contributed by atoms with Crippen LogP contribution < -0.4 is 0 Å². The average Bonchev–Trinajstić information content (AvgIpc) is 2.19. The van der Waals surface area contributed by atoms with Crippen molar-refractivity contribution in [1.82, 2.24) is 4.98 Å². The van der Waals surface area contributed by atoms with Crippen LogP contribution in [0.3, 0.4) is 0 Å². The summed E-state index contributed by atoms with van der Waals surface area (Å²) in [5.41, 5.74) is 2.09. The zero-order valence-electron chi connectivity index (χ0n) is 9.08. The molecule has 0 bridgehead atoms. The number of rotatable bonds is 4. The molecule has 0 radical (unpaired) electrons. The van der Waals surface area contributed by atoms with Crippen LogP contribution in [0.4, 0.5) is 0 Å². The molecule has 0 fully saturated rings. The van der Waals surface area contributed by atoms with E-state index in [2.05, 4.69) is 11.9 Å². The first kappa shape index (κ1) is 10.9. The number of carbonyl (C=O) groups excluding carboxylic acids is 1. The molecule has 0 N–H and O–H groups in total. The summed E-state index contributed by atoms with van der Waals surface area (Å²) >= 11 is 0. The Balaban J connectivity index is 2.64. The highest BCUT2D eigenvalue weighted by Gasteiger charge is 2.08. The van der Waals surface area contributed by atoms with E-state index < -0.39 is 0 Å². The summed E-state index contributed by atoms with van der Waals surface area (Å²) in [5, 5.41) is 0. The Kier molecular flexibility index (Phi) is 3.81. The second-order valence-electron chi connectivity index (χ2n) is 3.81. The Labute approximate surface area is 85.4 Å². The van der Waals surface area contributed by atoms with Gasteiger partial charge in [0.25, 0.3) is 0 Å². The molecule has 0 aliphatic rings. The maximum absolute atomic E-state index is 11.4. The molecule has 76 valence electrons. The third-order valence-electron chi connectivity index (χ3n) is 2.29. The molecule has 0 saturated heterocycles. The van der Waals surface area contributed by atoms with Crippen LogP contribution in [-0.2, 0) is 17.6 Å². The smallest absolute Gasteiger partial charge is 0.141 e. The number of Topliss-reactive ketones (excluding diaryl/α,β-unsaturated/α-hetero) is 1. The second-order valence-corrected chi connectivity index (χ2v) is 3.81. The number of nitrogens with zero attached hydrogens (tertiary/aromatic N) is 1. The van der Waals surface area contributed by atoms with Gasteiger partial charge in [-0.1, -0.05) is 26.8 Å². The Hall–Kier alpha value is -1.18. The number of carbonyl (C=O) groups is 1. The van der Waals surface area contributed by atoms with Gasteiger partial charge >= 0.3 is 0 Å². The Morgan fingerprint density at radius 3 is 2.57 bits per heavy atom. The van der Waals surface area contributed by atoms with Gasteiger partial charge in [-0.2, -0.15) is 0 Å². The Morgan fingerprint density at radius 2 is 2.14 bits per heavy atom. The van der Waals surface area contributed by atoms with Crippen molar-refractivity contribution in [2.45, 2.75) is 33.6 Å². The van der Waals surface area contributed by atoms with Gasteiger partial charge in [-0.25, -0.2) is 0 Å². The SMILES string of the molecule is CCc1ccc(CC(=O)C(C)C)nc1. The predicted molar refractivity (Wildman–Crippen MR) is 57.2 cm³/mol. The highest BCUT2D eigenvalue weighted by atomic mass is 16.1. The quantitative estimate of drug-likeness (QED) is 0.731. The van der Waals surface area contributed by atoms with Crippen LogP contribution in [0.5, 0.6) is 0 Å². The molecule has 1 aromatic heterocycles. The Morgan fingerprint density at radius 1 is 1.43 bits per heavy atom. The average molecular weight is 191 g/mol. The van der Waals surface area contributed by atoms with E-state index >= 15 is 0 Å². The van der Waals surface area contributed by atoms with Gasteiger partial charge in [-0.15, -0.1) is 0 Å². The minimum Gasteiger partial charge on any atom is -0.299 e. The lowest BCUT2D eigenvalue weighted by Gasteiger charge is -2.03. The third-order valence-corrected chi connectivity index (χ3v) is 2.29. The summed E-state index contributed by atoms with van der Waals surface area (Å²) in [6, 6.07) is 3.98. The molecule has 0 aliphatic heterocycles. The van der Waals surface area contributed by atoms with Crippen molar-refractivity contribution in [3.05, 3.63) is 29.6 Å². The molecule has 0 atom stereocenters. The molecule has 0 spiro atoms. The van der Waals surface area contributed by atoms with Crippen LogP contribution in [0.25, 0.3) is 0 Å². The number of ketones is 1. The molecule has 0 unspecified atom stereocenters. The van der Waals surface area contributed by atoms with E-state index in [1.165, 1.54) is 5.56 Å². The lowest BCUT2D eigenvalue weighted by atomic mass is 10.0. The van der Waals surface area contributed by atoms with E-state index in [-0.39, 0.29) is 11.7 Å². The maximum atomic E-state index is 11.4. The van der Waals surface area contributed by atoms with Crippen LogP contribution in [0.15, 0.2) is 18.3 Å². The van der Waals surface area contributed by atoms with Gasteiger partial charge in [-0.3, -0.25) is 9.78 Å². The van der Waals surface area contributed by atoms with Crippen molar-refractivity contribution in [3.8, 4) is 0 Å². The van der Waals surface area contributed by atoms with E-state index in [4.69, 9.17) is 0 Å². The lowest BCUT2D eigenvalue weighted by molar-refractivity contribution is -0.121. The summed E-state index contributed by atoms with van der Waals surface area (Å²) in [6.45, 7) is 5.93. The zero-order chi connectivity index (χ0) is 10.6. The summed E-state index contributed by atoms with van der Waals surface area (Å²) < 4.78 is 0. The van der Waals surface area contributed by atoms with Crippen molar-refractivity contribution >= 4 is 5.78 Å². The van der Waals surface area contributed by atoms with Crippen molar-refractivity contribution < 1.29 is 4.79 Å². The Bertz CT molecular complexity index is 301. The van der Waals surface area contributed by atoms with Crippen LogP contribution in [0.2, 0.25) is 0 Å². The minimum absolute atomic E-state index is 0.0997. The van der Waals surface area contributed by atoms with Gasteiger partial charge in [0, 0.05) is 24.2 Å².